The first-order chi connectivity index (χ1) is 17.2. The maximum atomic E-state index is 12.7. The van der Waals surface area contributed by atoms with E-state index in [0.717, 1.165) is 57.3 Å². The topological polar surface area (TPSA) is 69.5 Å². The van der Waals surface area contributed by atoms with Gasteiger partial charge < -0.3 is 14.4 Å². The number of aromatic nitrogens is 3. The van der Waals surface area contributed by atoms with Crippen LogP contribution >= 0.6 is 0 Å². The molecule has 0 bridgehead atoms. The number of nitrogens with zero attached hydrogens (tertiary/aromatic N) is 4. The number of amides is 1. The van der Waals surface area contributed by atoms with E-state index >= 15 is 0 Å². The fourth-order valence-electron chi connectivity index (χ4n) is 4.68. The third-order valence-electron chi connectivity index (χ3n) is 6.78. The van der Waals surface area contributed by atoms with Crippen LogP contribution in [0.5, 0.6) is 5.75 Å². The van der Waals surface area contributed by atoms with E-state index in [0.29, 0.717) is 11.4 Å². The Kier molecular flexibility index (Phi) is 8.19. The molecule has 36 heavy (non-hydrogen) atoms. The summed E-state index contributed by atoms with van der Waals surface area (Å²) in [5, 5.41) is 8.24. The highest BCUT2D eigenvalue weighted by Gasteiger charge is 2.36. The van der Waals surface area contributed by atoms with Gasteiger partial charge in [-0.2, -0.15) is 13.2 Å². The summed E-state index contributed by atoms with van der Waals surface area (Å²) >= 11 is 0. The molecule has 2 aliphatic rings. The van der Waals surface area contributed by atoms with Gasteiger partial charge in [0.15, 0.2) is 5.69 Å². The lowest BCUT2D eigenvalue weighted by molar-refractivity contribution is -0.139. The molecular formula is C26H31F3N4O3. The van der Waals surface area contributed by atoms with Crippen LogP contribution in [0.1, 0.15) is 63.3 Å². The molecule has 1 aromatic heterocycles. The lowest BCUT2D eigenvalue weighted by atomic mass is 9.99. The Morgan fingerprint density at radius 3 is 2.61 bits per heavy atom. The van der Waals surface area contributed by atoms with Gasteiger partial charge in [0, 0.05) is 13.1 Å². The zero-order chi connectivity index (χ0) is 25.7. The Bertz CT molecular complexity index is 1080. The minimum Gasteiger partial charge on any atom is -0.481 e. The number of hydrogen-bond donors (Lipinski definition) is 0. The molecular weight excluding hydrogens is 473 g/mol. The second-order valence-corrected chi connectivity index (χ2v) is 9.48. The third-order valence-corrected chi connectivity index (χ3v) is 6.78. The van der Waals surface area contributed by atoms with Gasteiger partial charge in [-0.15, -0.1) is 5.10 Å². The van der Waals surface area contributed by atoms with Gasteiger partial charge in [-0.25, -0.2) is 4.68 Å². The average Bonchev–Trinajstić information content (AvgIpc) is 3.63. The van der Waals surface area contributed by atoms with Crippen LogP contribution in [0.15, 0.2) is 30.5 Å². The van der Waals surface area contributed by atoms with Gasteiger partial charge in [0.05, 0.1) is 35.9 Å². The number of alkyl halides is 3. The number of benzene rings is 1. The van der Waals surface area contributed by atoms with Crippen molar-refractivity contribution in [1.82, 2.24) is 19.9 Å². The van der Waals surface area contributed by atoms with Crippen LogP contribution in [-0.4, -0.2) is 57.7 Å². The molecule has 2 aliphatic heterocycles. The molecule has 10 heteroatoms. The number of ether oxygens (including phenoxy) is 2. The molecule has 4 rings (SSSR count). The van der Waals surface area contributed by atoms with Crippen molar-refractivity contribution in [3.63, 3.8) is 0 Å². The Balaban J connectivity index is 1.22. The largest absolute Gasteiger partial charge is 0.481 e. The number of halogens is 3. The fraction of sp³-hybridized carbons (Fsp3) is 0.577. The SMILES string of the molecule is C[C@H](C[C@@H]1CC[C@H]([C@@H](C)C(=O)N2CCCC2)O1)n1cc(C#CCOc2ccc(C(F)(F)F)cc2)nn1. The van der Waals surface area contributed by atoms with Crippen molar-refractivity contribution >= 4 is 5.91 Å². The molecule has 194 valence electrons. The summed E-state index contributed by atoms with van der Waals surface area (Å²) in [6.45, 7) is 5.74. The molecule has 3 heterocycles. The zero-order valence-corrected chi connectivity index (χ0v) is 20.5. The Hall–Kier alpha value is -3.06. The van der Waals surface area contributed by atoms with Gasteiger partial charge in [-0.1, -0.05) is 18.1 Å². The van der Waals surface area contributed by atoms with Crippen LogP contribution in [0, 0.1) is 17.8 Å². The summed E-state index contributed by atoms with van der Waals surface area (Å²) in [7, 11) is 0. The predicted octanol–water partition coefficient (Wildman–Crippen LogP) is 4.48. The number of carbonyl (C=O) groups excluding carboxylic acids is 1. The van der Waals surface area contributed by atoms with Gasteiger partial charge in [0.25, 0.3) is 0 Å². The molecule has 2 aromatic rings. The first-order valence-corrected chi connectivity index (χ1v) is 12.4. The van der Waals surface area contributed by atoms with E-state index in [1.54, 1.807) is 10.9 Å². The van der Waals surface area contributed by atoms with Crippen molar-refractivity contribution in [3.8, 4) is 17.6 Å². The standard InChI is InChI=1S/C26H31F3N4O3/c1-18(16-23-11-12-24(36-23)19(2)25(34)32-13-3-4-14-32)33-17-21(30-31-33)6-5-15-35-22-9-7-20(8-10-22)26(27,28)29/h7-10,17-19,23-24H,3-4,11-16H2,1-2H3/t18-,19-,23+,24-/m1/s1. The maximum Gasteiger partial charge on any atom is 0.416 e. The van der Waals surface area contributed by atoms with Crippen molar-refractivity contribution < 1.29 is 27.4 Å². The van der Waals surface area contributed by atoms with Crippen molar-refractivity contribution in [3.05, 3.63) is 41.7 Å². The van der Waals surface area contributed by atoms with Gasteiger partial charge in [-0.3, -0.25) is 4.79 Å². The molecule has 0 aliphatic carbocycles. The average molecular weight is 505 g/mol. The van der Waals surface area contributed by atoms with Crippen LogP contribution in [0.2, 0.25) is 0 Å². The van der Waals surface area contributed by atoms with E-state index in [2.05, 4.69) is 22.2 Å². The first kappa shape index (κ1) is 26.0. The third kappa shape index (κ3) is 6.58. The molecule has 7 nitrogen and oxygen atoms in total. The van der Waals surface area contributed by atoms with Crippen LogP contribution in [0.4, 0.5) is 13.2 Å². The van der Waals surface area contributed by atoms with Crippen molar-refractivity contribution in [1.29, 1.82) is 0 Å². The van der Waals surface area contributed by atoms with E-state index in [1.807, 2.05) is 18.7 Å². The molecule has 1 amide bonds. The first-order valence-electron chi connectivity index (χ1n) is 12.4. The molecule has 4 atom stereocenters. The van der Waals surface area contributed by atoms with Crippen LogP contribution in [-0.2, 0) is 15.7 Å². The van der Waals surface area contributed by atoms with Gasteiger partial charge in [0.1, 0.15) is 12.4 Å². The monoisotopic (exact) mass is 504 g/mol. The Morgan fingerprint density at radius 1 is 1.19 bits per heavy atom. The summed E-state index contributed by atoms with van der Waals surface area (Å²) < 4.78 is 51.2. The van der Waals surface area contributed by atoms with Crippen molar-refractivity contribution in [2.24, 2.45) is 5.92 Å². The molecule has 2 saturated heterocycles. The van der Waals surface area contributed by atoms with E-state index < -0.39 is 11.7 Å². The van der Waals surface area contributed by atoms with Gasteiger partial charge in [-0.05, 0) is 69.2 Å². The summed E-state index contributed by atoms with van der Waals surface area (Å²) in [4.78, 5) is 14.6. The number of carbonyl (C=O) groups is 1. The normalized spacial score (nSPS) is 21.6. The lowest BCUT2D eigenvalue weighted by Crippen LogP contribution is -2.38. The maximum absolute atomic E-state index is 12.7. The summed E-state index contributed by atoms with van der Waals surface area (Å²) in [5.41, 5.74) is -0.247. The highest BCUT2D eigenvalue weighted by Crippen LogP contribution is 2.32. The second-order valence-electron chi connectivity index (χ2n) is 9.48. The summed E-state index contributed by atoms with van der Waals surface area (Å²) in [6, 6.07) is 4.52. The molecule has 0 spiro atoms. The summed E-state index contributed by atoms with van der Waals surface area (Å²) in [6.07, 6.45) is 2.11. The number of likely N-dealkylation sites (tertiary alicyclic amines) is 1. The minimum atomic E-state index is -4.38. The highest BCUT2D eigenvalue weighted by molar-refractivity contribution is 5.79. The zero-order valence-electron chi connectivity index (χ0n) is 20.5. The summed E-state index contributed by atoms with van der Waals surface area (Å²) in [5.74, 6) is 6.04. The van der Waals surface area contributed by atoms with E-state index in [-0.39, 0.29) is 36.7 Å². The van der Waals surface area contributed by atoms with Gasteiger partial charge >= 0.3 is 6.18 Å². The van der Waals surface area contributed by atoms with Crippen molar-refractivity contribution in [2.45, 2.75) is 70.4 Å². The smallest absolute Gasteiger partial charge is 0.416 e. The van der Waals surface area contributed by atoms with Crippen LogP contribution in [0.25, 0.3) is 0 Å². The Labute approximate surface area is 208 Å². The number of rotatable bonds is 7. The lowest BCUT2D eigenvalue weighted by Gasteiger charge is -2.25. The molecule has 0 radical (unpaired) electrons. The van der Waals surface area contributed by atoms with Crippen LogP contribution in [0.3, 0.4) is 0 Å². The van der Waals surface area contributed by atoms with E-state index in [1.165, 1.54) is 12.1 Å². The quantitative estimate of drug-likeness (QED) is 0.520. The van der Waals surface area contributed by atoms with Gasteiger partial charge in [0.2, 0.25) is 5.91 Å². The van der Waals surface area contributed by atoms with Crippen molar-refractivity contribution in [2.75, 3.05) is 19.7 Å². The molecule has 0 N–H and O–H groups in total. The second kappa shape index (κ2) is 11.3. The highest BCUT2D eigenvalue weighted by atomic mass is 19.4. The molecule has 2 fully saturated rings. The Morgan fingerprint density at radius 2 is 1.92 bits per heavy atom. The number of hydrogen-bond acceptors (Lipinski definition) is 5. The molecule has 1 aromatic carbocycles. The van der Waals surface area contributed by atoms with Crippen LogP contribution < -0.4 is 4.74 Å². The van der Waals surface area contributed by atoms with E-state index in [4.69, 9.17) is 9.47 Å². The fourth-order valence-corrected chi connectivity index (χ4v) is 4.68. The minimum absolute atomic E-state index is 0.0133. The molecule has 0 unspecified atom stereocenters. The predicted molar refractivity (Wildman–Crippen MR) is 126 cm³/mol. The molecule has 0 saturated carbocycles. The van der Waals surface area contributed by atoms with E-state index in [9.17, 15) is 18.0 Å².